The van der Waals surface area contributed by atoms with E-state index in [2.05, 4.69) is 12.2 Å². The van der Waals surface area contributed by atoms with Gasteiger partial charge in [-0.25, -0.2) is 4.79 Å². The van der Waals surface area contributed by atoms with Crippen molar-refractivity contribution in [3.8, 4) is 0 Å². The molecule has 1 rings (SSSR count). The molecule has 1 aromatic rings. The van der Waals surface area contributed by atoms with E-state index in [1.165, 1.54) is 0 Å². The van der Waals surface area contributed by atoms with Crippen LogP contribution in [0.4, 0.5) is 4.79 Å². The molecule has 0 atom stereocenters. The van der Waals surface area contributed by atoms with E-state index in [4.69, 9.17) is 4.74 Å². The predicted octanol–water partition coefficient (Wildman–Crippen LogP) is 2.06. The Labute approximate surface area is 84.1 Å². The molecule has 1 amide bonds. The van der Waals surface area contributed by atoms with Gasteiger partial charge in [-0.15, -0.1) is 0 Å². The zero-order valence-electron chi connectivity index (χ0n) is 8.25. The molecule has 3 nitrogen and oxygen atoms in total. The predicted molar refractivity (Wildman–Crippen MR) is 54.7 cm³/mol. The van der Waals surface area contributed by atoms with Crippen LogP contribution in [-0.4, -0.2) is 12.6 Å². The molecular formula is C11H14NO2. The number of benzene rings is 1. The average molecular weight is 192 g/mol. The van der Waals surface area contributed by atoms with Gasteiger partial charge in [0.1, 0.15) is 6.61 Å². The minimum atomic E-state index is -0.428. The van der Waals surface area contributed by atoms with E-state index in [0.29, 0.717) is 13.2 Å². The first kappa shape index (κ1) is 10.6. The molecule has 0 aromatic heterocycles. The Bertz CT molecular complexity index is 310. The number of ether oxygens (including phenoxy) is 1. The smallest absolute Gasteiger partial charge is 0.407 e. The molecule has 0 bridgehead atoms. The third-order valence-corrected chi connectivity index (χ3v) is 1.89. The van der Waals surface area contributed by atoms with Crippen molar-refractivity contribution in [2.24, 2.45) is 0 Å². The van der Waals surface area contributed by atoms with E-state index < -0.39 is 6.09 Å². The van der Waals surface area contributed by atoms with Crippen molar-refractivity contribution < 1.29 is 9.53 Å². The largest absolute Gasteiger partial charge is 0.445 e. The van der Waals surface area contributed by atoms with Crippen molar-refractivity contribution in [2.75, 3.05) is 6.54 Å². The normalized spacial score (nSPS) is 9.57. The second kappa shape index (κ2) is 5.27. The lowest BCUT2D eigenvalue weighted by molar-refractivity contribution is 0.140. The van der Waals surface area contributed by atoms with Crippen LogP contribution in [0.25, 0.3) is 0 Å². The highest BCUT2D eigenvalue weighted by Gasteiger charge is 2.01. The van der Waals surface area contributed by atoms with E-state index in [1.807, 2.05) is 31.2 Å². The fourth-order valence-corrected chi connectivity index (χ4v) is 1.07. The number of hydrogen-bond acceptors (Lipinski definition) is 2. The van der Waals surface area contributed by atoms with Crippen LogP contribution in [0.2, 0.25) is 0 Å². The topological polar surface area (TPSA) is 38.3 Å². The van der Waals surface area contributed by atoms with Gasteiger partial charge in [0, 0.05) is 6.54 Å². The Balaban J connectivity index is 2.46. The maximum absolute atomic E-state index is 11.0. The van der Waals surface area contributed by atoms with Crippen LogP contribution in [0, 0.1) is 13.8 Å². The van der Waals surface area contributed by atoms with Crippen LogP contribution in [0.15, 0.2) is 24.3 Å². The second-order valence-electron chi connectivity index (χ2n) is 2.93. The summed E-state index contributed by atoms with van der Waals surface area (Å²) in [6.07, 6.45) is -0.428. The van der Waals surface area contributed by atoms with Gasteiger partial charge in [0.15, 0.2) is 0 Å². The van der Waals surface area contributed by atoms with Gasteiger partial charge in [-0.05, 0) is 25.0 Å². The summed E-state index contributed by atoms with van der Waals surface area (Å²) in [5.41, 5.74) is 2.14. The van der Waals surface area contributed by atoms with Crippen LogP contribution in [0.5, 0.6) is 0 Å². The standard InChI is InChI=1S/C11H14NO2/c1-3-12-11(13)14-8-10-7-5-4-6-9(10)2/h4-7H,1,3,8H2,2H3,(H,12,13). The molecule has 1 aromatic carbocycles. The summed E-state index contributed by atoms with van der Waals surface area (Å²) < 4.78 is 4.96. The molecule has 0 saturated carbocycles. The van der Waals surface area contributed by atoms with Crippen LogP contribution in [0.1, 0.15) is 11.1 Å². The van der Waals surface area contributed by atoms with E-state index in [0.717, 1.165) is 11.1 Å². The van der Waals surface area contributed by atoms with Gasteiger partial charge in [-0.3, -0.25) is 0 Å². The van der Waals surface area contributed by atoms with Crippen molar-refractivity contribution in [3.63, 3.8) is 0 Å². The van der Waals surface area contributed by atoms with Gasteiger partial charge in [0.05, 0.1) is 0 Å². The second-order valence-corrected chi connectivity index (χ2v) is 2.93. The maximum atomic E-state index is 11.0. The molecule has 0 spiro atoms. The number of hydrogen-bond donors (Lipinski definition) is 1. The van der Waals surface area contributed by atoms with Crippen molar-refractivity contribution in [3.05, 3.63) is 42.3 Å². The fraction of sp³-hybridized carbons (Fsp3) is 0.273. The van der Waals surface area contributed by atoms with Crippen LogP contribution in [0.3, 0.4) is 0 Å². The lowest BCUT2D eigenvalue weighted by Crippen LogP contribution is -2.23. The highest BCUT2D eigenvalue weighted by atomic mass is 16.5. The highest BCUT2D eigenvalue weighted by Crippen LogP contribution is 2.07. The Morgan fingerprint density at radius 2 is 2.21 bits per heavy atom. The van der Waals surface area contributed by atoms with Crippen molar-refractivity contribution in [1.82, 2.24) is 5.32 Å². The molecule has 0 aliphatic heterocycles. The summed E-state index contributed by atoms with van der Waals surface area (Å²) in [6, 6.07) is 7.80. The Hall–Kier alpha value is -1.51. The SMILES string of the molecule is [CH2]CNC(=O)OCc1ccccc1C. The van der Waals surface area contributed by atoms with Gasteiger partial charge in [0.2, 0.25) is 0 Å². The van der Waals surface area contributed by atoms with Gasteiger partial charge in [-0.2, -0.15) is 0 Å². The van der Waals surface area contributed by atoms with Crippen LogP contribution >= 0.6 is 0 Å². The number of nitrogens with one attached hydrogen (secondary N) is 1. The first-order valence-electron chi connectivity index (χ1n) is 4.48. The van der Waals surface area contributed by atoms with Gasteiger partial charge in [0.25, 0.3) is 0 Å². The molecule has 0 aliphatic carbocycles. The monoisotopic (exact) mass is 192 g/mol. The number of rotatable bonds is 3. The Morgan fingerprint density at radius 3 is 2.86 bits per heavy atom. The summed E-state index contributed by atoms with van der Waals surface area (Å²) in [4.78, 5) is 11.0. The molecule has 0 unspecified atom stereocenters. The van der Waals surface area contributed by atoms with E-state index in [9.17, 15) is 4.79 Å². The summed E-state index contributed by atoms with van der Waals surface area (Å²) in [5.74, 6) is 0. The molecule has 14 heavy (non-hydrogen) atoms. The van der Waals surface area contributed by atoms with Crippen molar-refractivity contribution >= 4 is 6.09 Å². The molecule has 3 heteroatoms. The quantitative estimate of drug-likeness (QED) is 0.796. The van der Waals surface area contributed by atoms with Gasteiger partial charge in [-0.1, -0.05) is 24.3 Å². The zero-order chi connectivity index (χ0) is 10.4. The minimum Gasteiger partial charge on any atom is -0.445 e. The number of carbonyl (C=O) groups excluding carboxylic acids is 1. The summed E-state index contributed by atoms with van der Waals surface area (Å²) in [6.45, 7) is 6.11. The van der Waals surface area contributed by atoms with Crippen molar-refractivity contribution in [2.45, 2.75) is 13.5 Å². The minimum absolute atomic E-state index is 0.304. The molecule has 0 heterocycles. The molecule has 1 radical (unpaired) electrons. The summed E-state index contributed by atoms with van der Waals surface area (Å²) >= 11 is 0. The molecule has 0 aliphatic rings. The van der Waals surface area contributed by atoms with E-state index >= 15 is 0 Å². The maximum Gasteiger partial charge on any atom is 0.407 e. The molecule has 0 fully saturated rings. The Morgan fingerprint density at radius 1 is 1.50 bits per heavy atom. The van der Waals surface area contributed by atoms with Crippen LogP contribution in [-0.2, 0) is 11.3 Å². The summed E-state index contributed by atoms with van der Waals surface area (Å²) in [5, 5.41) is 2.46. The lowest BCUT2D eigenvalue weighted by Gasteiger charge is -2.07. The fourth-order valence-electron chi connectivity index (χ4n) is 1.07. The number of amides is 1. The number of carbonyl (C=O) groups is 1. The van der Waals surface area contributed by atoms with Gasteiger partial charge < -0.3 is 10.1 Å². The highest BCUT2D eigenvalue weighted by molar-refractivity contribution is 5.67. The first-order valence-corrected chi connectivity index (χ1v) is 4.48. The number of aryl methyl sites for hydroxylation is 1. The van der Waals surface area contributed by atoms with E-state index in [1.54, 1.807) is 0 Å². The molecule has 1 N–H and O–H groups in total. The first-order chi connectivity index (χ1) is 6.74. The molecule has 0 saturated heterocycles. The zero-order valence-corrected chi connectivity index (χ0v) is 8.25. The Kier molecular flexibility index (Phi) is 3.98. The van der Waals surface area contributed by atoms with E-state index in [-0.39, 0.29) is 0 Å². The summed E-state index contributed by atoms with van der Waals surface area (Å²) in [7, 11) is 0. The molecular weight excluding hydrogens is 178 g/mol. The lowest BCUT2D eigenvalue weighted by atomic mass is 10.1. The van der Waals surface area contributed by atoms with Crippen LogP contribution < -0.4 is 5.32 Å². The average Bonchev–Trinajstić information content (AvgIpc) is 2.17. The van der Waals surface area contributed by atoms with Crippen molar-refractivity contribution in [1.29, 1.82) is 0 Å². The third kappa shape index (κ3) is 3.09. The third-order valence-electron chi connectivity index (χ3n) is 1.89. The number of alkyl carbamates (subject to hydrolysis) is 1. The van der Waals surface area contributed by atoms with Gasteiger partial charge >= 0.3 is 6.09 Å². The molecule has 75 valence electrons.